The summed E-state index contributed by atoms with van der Waals surface area (Å²) in [7, 11) is 0. The van der Waals surface area contributed by atoms with E-state index in [9.17, 15) is 9.59 Å². The minimum absolute atomic E-state index is 0.191. The Hall–Kier alpha value is -3.41. The van der Waals surface area contributed by atoms with Gasteiger partial charge in [-0.1, -0.05) is 24.3 Å². The van der Waals surface area contributed by atoms with Crippen LogP contribution in [0.1, 0.15) is 30.5 Å². The highest BCUT2D eigenvalue weighted by atomic mass is 16.6. The van der Waals surface area contributed by atoms with Crippen molar-refractivity contribution < 1.29 is 23.8 Å². The number of aliphatic imine (C=N–C) groups is 1. The monoisotopic (exact) mass is 365 g/mol. The fourth-order valence-corrected chi connectivity index (χ4v) is 2.62. The molecule has 0 aromatic heterocycles. The molecule has 1 aliphatic rings. The fraction of sp³-hybridized carbons (Fsp3) is 0.190. The maximum Gasteiger partial charge on any atom is 0.363 e. The third-order valence-corrected chi connectivity index (χ3v) is 3.82. The molecule has 0 fully saturated rings. The Morgan fingerprint density at radius 2 is 1.96 bits per heavy atom. The van der Waals surface area contributed by atoms with Gasteiger partial charge in [0.25, 0.3) is 0 Å². The molecule has 0 spiro atoms. The first-order valence-electron chi connectivity index (χ1n) is 8.51. The van der Waals surface area contributed by atoms with Gasteiger partial charge < -0.3 is 14.2 Å². The van der Waals surface area contributed by atoms with E-state index in [0.717, 1.165) is 11.1 Å². The Bertz CT molecular complexity index is 959. The van der Waals surface area contributed by atoms with Crippen molar-refractivity contribution in [3.05, 3.63) is 64.9 Å². The predicted molar refractivity (Wildman–Crippen MR) is 101 cm³/mol. The van der Waals surface area contributed by atoms with Gasteiger partial charge in [-0.25, -0.2) is 9.79 Å². The van der Waals surface area contributed by atoms with E-state index in [1.54, 1.807) is 24.3 Å². The molecule has 2 aromatic carbocycles. The Kier molecular flexibility index (Phi) is 5.35. The molecule has 6 heteroatoms. The number of carbonyl (C=O) groups is 2. The molecule has 27 heavy (non-hydrogen) atoms. The van der Waals surface area contributed by atoms with Crippen LogP contribution in [-0.4, -0.2) is 24.4 Å². The molecule has 0 saturated heterocycles. The van der Waals surface area contributed by atoms with E-state index in [4.69, 9.17) is 14.2 Å². The van der Waals surface area contributed by atoms with E-state index in [0.29, 0.717) is 23.7 Å². The smallest absolute Gasteiger partial charge is 0.363 e. The second kappa shape index (κ2) is 7.86. The van der Waals surface area contributed by atoms with Crippen molar-refractivity contribution in [3.8, 4) is 11.5 Å². The van der Waals surface area contributed by atoms with Crippen LogP contribution in [0.2, 0.25) is 0 Å². The van der Waals surface area contributed by atoms with Gasteiger partial charge in [-0.05, 0) is 49.2 Å². The quantitative estimate of drug-likeness (QED) is 0.459. The molecule has 0 N–H and O–H groups in total. The molecule has 0 saturated carbocycles. The summed E-state index contributed by atoms with van der Waals surface area (Å²) >= 11 is 0. The van der Waals surface area contributed by atoms with Crippen LogP contribution in [-0.2, 0) is 14.3 Å². The zero-order valence-corrected chi connectivity index (χ0v) is 15.3. The molecule has 2 aromatic rings. The lowest BCUT2D eigenvalue weighted by molar-refractivity contribution is -0.132. The Morgan fingerprint density at radius 1 is 1.19 bits per heavy atom. The van der Waals surface area contributed by atoms with Crippen LogP contribution in [0.25, 0.3) is 6.08 Å². The van der Waals surface area contributed by atoms with Gasteiger partial charge in [-0.15, -0.1) is 0 Å². The zero-order valence-electron chi connectivity index (χ0n) is 15.3. The van der Waals surface area contributed by atoms with E-state index < -0.39 is 11.9 Å². The Morgan fingerprint density at radius 3 is 2.67 bits per heavy atom. The first-order valence-corrected chi connectivity index (χ1v) is 8.51. The second-order valence-electron chi connectivity index (χ2n) is 5.88. The van der Waals surface area contributed by atoms with E-state index in [1.165, 1.54) is 6.92 Å². The van der Waals surface area contributed by atoms with Crippen molar-refractivity contribution in [2.75, 3.05) is 6.61 Å². The first-order chi connectivity index (χ1) is 13.0. The number of benzene rings is 2. The number of hydrogen-bond acceptors (Lipinski definition) is 6. The summed E-state index contributed by atoms with van der Waals surface area (Å²) in [6, 6.07) is 12.6. The molecule has 6 nitrogen and oxygen atoms in total. The van der Waals surface area contributed by atoms with Crippen molar-refractivity contribution in [1.29, 1.82) is 0 Å². The van der Waals surface area contributed by atoms with Gasteiger partial charge in [-0.3, -0.25) is 4.79 Å². The molecular weight excluding hydrogens is 346 g/mol. The SMILES string of the molecule is CCOc1cc(/C=C2\N=C(c3ccccc3C)OC2=O)ccc1OC(C)=O. The highest BCUT2D eigenvalue weighted by Gasteiger charge is 2.25. The van der Waals surface area contributed by atoms with Crippen molar-refractivity contribution in [2.45, 2.75) is 20.8 Å². The molecule has 0 amide bonds. The number of esters is 2. The predicted octanol–water partition coefficient (Wildman–Crippen LogP) is 3.66. The number of ether oxygens (including phenoxy) is 3. The topological polar surface area (TPSA) is 74.2 Å². The average Bonchev–Trinajstić information content (AvgIpc) is 2.98. The van der Waals surface area contributed by atoms with Gasteiger partial charge in [0.1, 0.15) is 0 Å². The molecule has 0 unspecified atom stereocenters. The van der Waals surface area contributed by atoms with Gasteiger partial charge in [0.2, 0.25) is 5.90 Å². The Balaban J connectivity index is 1.93. The lowest BCUT2D eigenvalue weighted by Gasteiger charge is -2.10. The zero-order chi connectivity index (χ0) is 19.4. The molecule has 0 radical (unpaired) electrons. The molecular formula is C21H19NO5. The third-order valence-electron chi connectivity index (χ3n) is 3.82. The first kappa shape index (κ1) is 18.4. The van der Waals surface area contributed by atoms with Crippen LogP contribution in [0.5, 0.6) is 11.5 Å². The lowest BCUT2D eigenvalue weighted by Crippen LogP contribution is -2.06. The molecule has 1 aliphatic heterocycles. The number of cyclic esters (lactones) is 1. The van der Waals surface area contributed by atoms with E-state index >= 15 is 0 Å². The minimum Gasteiger partial charge on any atom is -0.490 e. The van der Waals surface area contributed by atoms with Crippen molar-refractivity contribution >= 4 is 23.9 Å². The standard InChI is InChI=1S/C21H19NO5/c1-4-25-19-12-15(9-10-18(19)26-14(3)23)11-17-21(24)27-20(22-17)16-8-6-5-7-13(16)2/h5-12H,4H2,1-3H3/b17-11-. The van der Waals surface area contributed by atoms with Gasteiger partial charge in [0.05, 0.1) is 6.61 Å². The molecule has 3 rings (SSSR count). The molecule has 138 valence electrons. The maximum atomic E-state index is 12.2. The van der Waals surface area contributed by atoms with E-state index in [-0.39, 0.29) is 11.6 Å². The summed E-state index contributed by atoms with van der Waals surface area (Å²) in [5.74, 6) is 0.0659. The van der Waals surface area contributed by atoms with Crippen LogP contribution >= 0.6 is 0 Å². The largest absolute Gasteiger partial charge is 0.490 e. The summed E-state index contributed by atoms with van der Waals surface area (Å²) in [4.78, 5) is 27.7. The van der Waals surface area contributed by atoms with Crippen molar-refractivity contribution in [3.63, 3.8) is 0 Å². The number of carbonyl (C=O) groups excluding carboxylic acids is 2. The fourth-order valence-electron chi connectivity index (χ4n) is 2.62. The number of aryl methyl sites for hydroxylation is 1. The normalized spacial score (nSPS) is 14.7. The molecule has 0 bridgehead atoms. The highest BCUT2D eigenvalue weighted by molar-refractivity contribution is 6.13. The summed E-state index contributed by atoms with van der Waals surface area (Å²) in [5, 5.41) is 0. The molecule has 0 aliphatic carbocycles. The van der Waals surface area contributed by atoms with Crippen molar-refractivity contribution in [2.24, 2.45) is 4.99 Å². The molecule has 1 heterocycles. The van der Waals surface area contributed by atoms with Gasteiger partial charge in [0.15, 0.2) is 17.2 Å². The lowest BCUT2D eigenvalue weighted by atomic mass is 10.1. The number of nitrogens with zero attached hydrogens (tertiary/aromatic N) is 1. The van der Waals surface area contributed by atoms with E-state index in [2.05, 4.69) is 4.99 Å². The third kappa shape index (κ3) is 4.23. The summed E-state index contributed by atoms with van der Waals surface area (Å²) in [6.07, 6.45) is 1.60. The maximum absolute atomic E-state index is 12.2. The van der Waals surface area contributed by atoms with Crippen LogP contribution < -0.4 is 9.47 Å². The van der Waals surface area contributed by atoms with E-state index in [1.807, 2.05) is 38.1 Å². The van der Waals surface area contributed by atoms with Crippen LogP contribution in [0.15, 0.2) is 53.2 Å². The summed E-state index contributed by atoms with van der Waals surface area (Å²) in [6.45, 7) is 5.49. The van der Waals surface area contributed by atoms with Crippen molar-refractivity contribution in [1.82, 2.24) is 0 Å². The van der Waals surface area contributed by atoms with Crippen LogP contribution in [0.3, 0.4) is 0 Å². The number of hydrogen-bond donors (Lipinski definition) is 0. The van der Waals surface area contributed by atoms with Crippen LogP contribution in [0, 0.1) is 6.92 Å². The highest BCUT2D eigenvalue weighted by Crippen LogP contribution is 2.30. The van der Waals surface area contributed by atoms with Gasteiger partial charge in [0, 0.05) is 12.5 Å². The summed E-state index contributed by atoms with van der Waals surface area (Å²) in [5.41, 5.74) is 2.61. The summed E-state index contributed by atoms with van der Waals surface area (Å²) < 4.78 is 16.0. The van der Waals surface area contributed by atoms with Crippen LogP contribution in [0.4, 0.5) is 0 Å². The number of rotatable bonds is 5. The second-order valence-corrected chi connectivity index (χ2v) is 5.88. The van der Waals surface area contributed by atoms with Gasteiger partial charge >= 0.3 is 11.9 Å². The minimum atomic E-state index is -0.518. The van der Waals surface area contributed by atoms with Gasteiger partial charge in [-0.2, -0.15) is 0 Å². The Labute approximate surface area is 157 Å². The molecule has 0 atom stereocenters. The average molecular weight is 365 g/mol.